The molecule has 5 nitrogen and oxygen atoms in total. The average molecular weight is 286 g/mol. The van der Waals surface area contributed by atoms with Gasteiger partial charge in [-0.2, -0.15) is 0 Å². The zero-order valence-corrected chi connectivity index (χ0v) is 11.7. The fourth-order valence-electron chi connectivity index (χ4n) is 2.78. The van der Waals surface area contributed by atoms with Crippen molar-refractivity contribution in [2.45, 2.75) is 25.7 Å². The number of fused-ring (bicyclic) bond motifs is 3. The normalized spacial score (nSPS) is 14.4. The lowest BCUT2D eigenvalue weighted by atomic mass is 9.97. The monoisotopic (exact) mass is 286 g/mol. The van der Waals surface area contributed by atoms with Crippen LogP contribution >= 0.6 is 11.3 Å². The Morgan fingerprint density at radius 3 is 2.95 bits per heavy atom. The van der Waals surface area contributed by atoms with Gasteiger partial charge >= 0.3 is 0 Å². The molecule has 102 valence electrons. The summed E-state index contributed by atoms with van der Waals surface area (Å²) in [5, 5.41) is 1.10. The van der Waals surface area contributed by atoms with Crippen LogP contribution in [-0.2, 0) is 12.8 Å². The number of nitrogens with one attached hydrogen (secondary N) is 1. The number of aryl methyl sites for hydroxylation is 2. The molecule has 4 rings (SSSR count). The molecule has 1 aliphatic rings. The summed E-state index contributed by atoms with van der Waals surface area (Å²) in [7, 11) is 0. The minimum atomic E-state index is 0.651. The first-order valence-electron chi connectivity index (χ1n) is 6.68. The van der Waals surface area contributed by atoms with Crippen LogP contribution in [0.15, 0.2) is 23.0 Å². The van der Waals surface area contributed by atoms with Crippen LogP contribution in [0.4, 0.5) is 5.82 Å². The number of hydrogen-bond acceptors (Lipinski definition) is 6. The van der Waals surface area contributed by atoms with Crippen LogP contribution in [-0.4, -0.2) is 9.97 Å². The molecule has 3 heterocycles. The summed E-state index contributed by atoms with van der Waals surface area (Å²) < 4.78 is 5.11. The number of anilines is 1. The van der Waals surface area contributed by atoms with Gasteiger partial charge in [0.15, 0.2) is 11.6 Å². The summed E-state index contributed by atoms with van der Waals surface area (Å²) in [6.45, 7) is 0. The number of hydrogen-bond donors (Lipinski definition) is 2. The molecule has 20 heavy (non-hydrogen) atoms. The number of nitrogens with zero attached hydrogens (tertiary/aromatic N) is 2. The van der Waals surface area contributed by atoms with E-state index in [2.05, 4.69) is 15.4 Å². The van der Waals surface area contributed by atoms with Gasteiger partial charge in [-0.15, -0.1) is 11.3 Å². The zero-order chi connectivity index (χ0) is 13.5. The predicted octanol–water partition coefficient (Wildman–Crippen LogP) is 3.12. The molecule has 1 aliphatic carbocycles. The molecule has 0 aliphatic heterocycles. The summed E-state index contributed by atoms with van der Waals surface area (Å²) in [6.07, 6.45) is 7.99. The van der Waals surface area contributed by atoms with E-state index in [4.69, 9.17) is 10.3 Å². The van der Waals surface area contributed by atoms with Crippen molar-refractivity contribution in [3.8, 4) is 11.4 Å². The van der Waals surface area contributed by atoms with E-state index in [0.717, 1.165) is 28.6 Å². The van der Waals surface area contributed by atoms with Crippen molar-refractivity contribution >= 4 is 27.4 Å². The Morgan fingerprint density at radius 2 is 2.15 bits per heavy atom. The number of thiophene rings is 1. The van der Waals surface area contributed by atoms with E-state index in [1.54, 1.807) is 23.9 Å². The van der Waals surface area contributed by atoms with Gasteiger partial charge in [-0.05, 0) is 37.3 Å². The third kappa shape index (κ3) is 1.72. The highest BCUT2D eigenvalue weighted by Gasteiger charge is 2.21. The highest BCUT2D eigenvalue weighted by molar-refractivity contribution is 7.19. The quantitative estimate of drug-likeness (QED) is 0.559. The summed E-state index contributed by atoms with van der Waals surface area (Å²) in [6, 6.07) is 1.86. The van der Waals surface area contributed by atoms with Crippen LogP contribution in [0.3, 0.4) is 0 Å². The van der Waals surface area contributed by atoms with Crippen molar-refractivity contribution in [1.82, 2.24) is 9.97 Å². The van der Waals surface area contributed by atoms with E-state index in [1.807, 2.05) is 6.07 Å². The molecule has 0 radical (unpaired) electrons. The van der Waals surface area contributed by atoms with Crippen molar-refractivity contribution < 1.29 is 4.42 Å². The SMILES string of the molecule is NNc1nc(-c2ccoc2)nc2sc3c(c12)CCCC3. The van der Waals surface area contributed by atoms with E-state index in [1.165, 1.54) is 23.3 Å². The Balaban J connectivity index is 1.99. The molecule has 3 N–H and O–H groups in total. The Morgan fingerprint density at radius 1 is 1.25 bits per heavy atom. The van der Waals surface area contributed by atoms with Gasteiger partial charge in [0.05, 0.1) is 17.2 Å². The van der Waals surface area contributed by atoms with E-state index in [0.29, 0.717) is 11.6 Å². The number of furan rings is 1. The fourth-order valence-corrected chi connectivity index (χ4v) is 4.04. The Bertz CT molecular complexity index is 763. The van der Waals surface area contributed by atoms with Crippen LogP contribution in [0.5, 0.6) is 0 Å². The lowest BCUT2D eigenvalue weighted by Gasteiger charge is -2.11. The summed E-state index contributed by atoms with van der Waals surface area (Å²) in [5.41, 5.74) is 4.98. The number of rotatable bonds is 2. The summed E-state index contributed by atoms with van der Waals surface area (Å²) in [5.74, 6) is 7.04. The molecule has 0 atom stereocenters. The van der Waals surface area contributed by atoms with Gasteiger partial charge in [0.1, 0.15) is 11.1 Å². The van der Waals surface area contributed by atoms with E-state index in [-0.39, 0.29) is 0 Å². The highest BCUT2D eigenvalue weighted by Crippen LogP contribution is 2.39. The average Bonchev–Trinajstić information content (AvgIpc) is 3.13. The van der Waals surface area contributed by atoms with Gasteiger partial charge in [-0.25, -0.2) is 15.8 Å². The fraction of sp³-hybridized carbons (Fsp3) is 0.286. The van der Waals surface area contributed by atoms with Gasteiger partial charge in [0.25, 0.3) is 0 Å². The Labute approximate surface area is 119 Å². The molecule has 0 spiro atoms. The molecule has 0 bridgehead atoms. The standard InChI is InChI=1S/C14H14N4OS/c15-18-13-11-9-3-1-2-4-10(9)20-14(11)17-12(16-13)8-5-6-19-7-8/h5-7H,1-4,15H2,(H,16,17,18). The number of nitrogens with two attached hydrogens (primary N) is 1. The van der Waals surface area contributed by atoms with E-state index in [9.17, 15) is 0 Å². The summed E-state index contributed by atoms with van der Waals surface area (Å²) >= 11 is 1.76. The first-order valence-corrected chi connectivity index (χ1v) is 7.50. The molecule has 0 unspecified atom stereocenters. The molecule has 0 saturated heterocycles. The summed E-state index contributed by atoms with van der Waals surface area (Å²) in [4.78, 5) is 11.7. The van der Waals surface area contributed by atoms with E-state index < -0.39 is 0 Å². The molecular weight excluding hydrogens is 272 g/mol. The molecule has 0 aromatic carbocycles. The van der Waals surface area contributed by atoms with Crippen molar-refractivity contribution in [2.24, 2.45) is 5.84 Å². The van der Waals surface area contributed by atoms with E-state index >= 15 is 0 Å². The molecule has 0 saturated carbocycles. The molecule has 3 aromatic heterocycles. The third-order valence-corrected chi connectivity index (χ3v) is 4.92. The molecule has 0 fully saturated rings. The highest BCUT2D eigenvalue weighted by atomic mass is 32.1. The lowest BCUT2D eigenvalue weighted by Crippen LogP contribution is -2.11. The second-order valence-electron chi connectivity index (χ2n) is 4.94. The maximum atomic E-state index is 5.67. The number of aromatic nitrogens is 2. The molecular formula is C14H14N4OS. The topological polar surface area (TPSA) is 77.0 Å². The van der Waals surface area contributed by atoms with Gasteiger partial charge in [-0.3, -0.25) is 0 Å². The number of hydrazine groups is 1. The van der Waals surface area contributed by atoms with Crippen LogP contribution in [0.1, 0.15) is 23.3 Å². The minimum absolute atomic E-state index is 0.651. The van der Waals surface area contributed by atoms with Crippen molar-refractivity contribution in [3.05, 3.63) is 29.0 Å². The van der Waals surface area contributed by atoms with Crippen molar-refractivity contribution in [1.29, 1.82) is 0 Å². The second-order valence-corrected chi connectivity index (χ2v) is 6.03. The third-order valence-electron chi connectivity index (χ3n) is 3.73. The Hall–Kier alpha value is -1.92. The van der Waals surface area contributed by atoms with Crippen LogP contribution < -0.4 is 11.3 Å². The van der Waals surface area contributed by atoms with Gasteiger partial charge in [-0.1, -0.05) is 0 Å². The first-order chi connectivity index (χ1) is 9.86. The maximum absolute atomic E-state index is 5.67. The first kappa shape index (κ1) is 11.9. The number of nitrogen functional groups attached to an aromatic ring is 1. The van der Waals surface area contributed by atoms with Gasteiger partial charge in [0.2, 0.25) is 0 Å². The Kier molecular flexibility index (Phi) is 2.71. The smallest absolute Gasteiger partial charge is 0.166 e. The predicted molar refractivity (Wildman–Crippen MR) is 79.6 cm³/mol. The maximum Gasteiger partial charge on any atom is 0.166 e. The van der Waals surface area contributed by atoms with Gasteiger partial charge < -0.3 is 9.84 Å². The molecule has 0 amide bonds. The molecule has 6 heteroatoms. The zero-order valence-electron chi connectivity index (χ0n) is 10.8. The second kappa shape index (κ2) is 4.57. The van der Waals surface area contributed by atoms with Crippen LogP contribution in [0.25, 0.3) is 21.6 Å². The van der Waals surface area contributed by atoms with Crippen LogP contribution in [0.2, 0.25) is 0 Å². The minimum Gasteiger partial charge on any atom is -0.472 e. The lowest BCUT2D eigenvalue weighted by molar-refractivity contribution is 0.568. The largest absolute Gasteiger partial charge is 0.472 e. The van der Waals surface area contributed by atoms with Crippen molar-refractivity contribution in [3.63, 3.8) is 0 Å². The van der Waals surface area contributed by atoms with Crippen molar-refractivity contribution in [2.75, 3.05) is 5.43 Å². The van der Waals surface area contributed by atoms with Crippen LogP contribution in [0, 0.1) is 0 Å². The van der Waals surface area contributed by atoms with Gasteiger partial charge in [0, 0.05) is 4.88 Å². The molecule has 3 aromatic rings.